The number of aliphatic hydroxyl groups excluding tert-OH is 2. The second-order valence-corrected chi connectivity index (χ2v) is 7.29. The molecule has 4 atom stereocenters. The van der Waals surface area contributed by atoms with Crippen LogP contribution in [-0.4, -0.2) is 47.0 Å². The molecule has 3 heterocycles. The van der Waals surface area contributed by atoms with Crippen LogP contribution in [0, 0.1) is 6.92 Å². The maximum Gasteiger partial charge on any atom is 0.330 e. The molecule has 1 aliphatic heterocycles. The average Bonchev–Trinajstić information content (AvgIpc) is 3.26. The van der Waals surface area contributed by atoms with Crippen LogP contribution in [-0.2, 0) is 11.3 Å². The Morgan fingerprint density at radius 1 is 1.36 bits per heavy atom. The van der Waals surface area contributed by atoms with E-state index in [1.165, 1.54) is 15.4 Å². The Hall–Kier alpha value is -2.30. The zero-order valence-electron chi connectivity index (χ0n) is 16.1. The lowest BCUT2D eigenvalue weighted by molar-refractivity contribution is -0.0302. The van der Waals surface area contributed by atoms with Crippen LogP contribution < -0.4 is 11.2 Å². The van der Waals surface area contributed by atoms with Gasteiger partial charge in [-0.05, 0) is 13.3 Å². The molecule has 3 N–H and O–H groups in total. The van der Waals surface area contributed by atoms with E-state index in [2.05, 4.69) is 22.2 Å². The number of ether oxygens (including phenoxy) is 1. The first kappa shape index (κ1) is 20.4. The molecule has 154 valence electrons. The van der Waals surface area contributed by atoms with Crippen LogP contribution in [0.25, 0.3) is 0 Å². The summed E-state index contributed by atoms with van der Waals surface area (Å²) in [5.41, 5.74) is -0.137. The molecule has 0 bridgehead atoms. The number of aryl methyl sites for hydroxylation is 1. The Morgan fingerprint density at radius 3 is 2.89 bits per heavy atom. The molecule has 2 aromatic heterocycles. The van der Waals surface area contributed by atoms with E-state index in [1.54, 1.807) is 13.1 Å². The normalized spacial score (nSPS) is 23.2. The summed E-state index contributed by atoms with van der Waals surface area (Å²) >= 11 is 0. The maximum absolute atomic E-state index is 12.0. The smallest absolute Gasteiger partial charge is 0.330 e. The molecule has 2 unspecified atom stereocenters. The van der Waals surface area contributed by atoms with Crippen molar-refractivity contribution >= 4 is 0 Å². The second kappa shape index (κ2) is 8.80. The van der Waals surface area contributed by atoms with Crippen LogP contribution in [0.5, 0.6) is 0 Å². The molecule has 0 aliphatic carbocycles. The first-order valence-electron chi connectivity index (χ1n) is 9.62. The molecule has 0 spiro atoms. The summed E-state index contributed by atoms with van der Waals surface area (Å²) in [5, 5.41) is 28.5. The lowest BCUT2D eigenvalue weighted by Gasteiger charge is -2.16. The molecule has 0 saturated carbocycles. The van der Waals surface area contributed by atoms with Crippen molar-refractivity contribution in [1.82, 2.24) is 24.5 Å². The van der Waals surface area contributed by atoms with Crippen molar-refractivity contribution in [3.8, 4) is 0 Å². The number of H-pyrrole nitrogens is 1. The van der Waals surface area contributed by atoms with Gasteiger partial charge < -0.3 is 14.9 Å². The average molecular weight is 393 g/mol. The minimum Gasteiger partial charge on any atom is -0.390 e. The van der Waals surface area contributed by atoms with E-state index in [-0.39, 0.29) is 13.0 Å². The molecular formula is C18H27N5O5. The number of hydrogen-bond donors (Lipinski definition) is 3. The molecule has 0 amide bonds. The van der Waals surface area contributed by atoms with Gasteiger partial charge in [-0.15, -0.1) is 5.10 Å². The summed E-state index contributed by atoms with van der Waals surface area (Å²) in [6, 6.07) is 0. The molecule has 0 aromatic carbocycles. The topological polar surface area (TPSA) is 135 Å². The zero-order valence-corrected chi connectivity index (χ0v) is 16.1. The number of unbranched alkanes of at least 4 members (excludes halogenated alkanes) is 2. The number of hydrogen-bond acceptors (Lipinski definition) is 7. The van der Waals surface area contributed by atoms with Gasteiger partial charge >= 0.3 is 5.69 Å². The third-order valence-electron chi connectivity index (χ3n) is 5.01. The van der Waals surface area contributed by atoms with Gasteiger partial charge in [-0.3, -0.25) is 14.3 Å². The highest BCUT2D eigenvalue weighted by Crippen LogP contribution is 2.28. The van der Waals surface area contributed by atoms with Crippen molar-refractivity contribution in [2.75, 3.05) is 0 Å². The van der Waals surface area contributed by atoms with Gasteiger partial charge in [-0.25, -0.2) is 9.48 Å². The van der Waals surface area contributed by atoms with Gasteiger partial charge in [-0.1, -0.05) is 31.4 Å². The van der Waals surface area contributed by atoms with Crippen LogP contribution in [0.15, 0.2) is 22.0 Å². The SMILES string of the molecule is CCCCCC(O)c1cn(C[C@H]2O[C@@H](n3cc(C)c(=O)[nH]c3=O)CC2O)nn1. The van der Waals surface area contributed by atoms with E-state index < -0.39 is 35.8 Å². The molecular weight excluding hydrogens is 366 g/mol. The summed E-state index contributed by atoms with van der Waals surface area (Å²) in [5.74, 6) is 0. The van der Waals surface area contributed by atoms with E-state index in [9.17, 15) is 19.8 Å². The highest BCUT2D eigenvalue weighted by atomic mass is 16.5. The fourth-order valence-corrected chi connectivity index (χ4v) is 3.33. The lowest BCUT2D eigenvalue weighted by Crippen LogP contribution is -2.33. The van der Waals surface area contributed by atoms with Crippen molar-refractivity contribution in [3.05, 3.63) is 44.5 Å². The quantitative estimate of drug-likeness (QED) is 0.552. The van der Waals surface area contributed by atoms with Crippen LogP contribution in [0.2, 0.25) is 0 Å². The first-order chi connectivity index (χ1) is 13.4. The molecule has 1 saturated heterocycles. The molecule has 28 heavy (non-hydrogen) atoms. The molecule has 10 heteroatoms. The number of aliphatic hydroxyl groups is 2. The van der Waals surface area contributed by atoms with Gasteiger partial charge in [0.05, 0.1) is 24.9 Å². The Balaban J connectivity index is 1.64. The summed E-state index contributed by atoms with van der Waals surface area (Å²) in [7, 11) is 0. The van der Waals surface area contributed by atoms with Gasteiger partial charge in [0.2, 0.25) is 0 Å². The summed E-state index contributed by atoms with van der Waals surface area (Å²) in [6.07, 6.45) is 4.26. The minimum atomic E-state index is -0.800. The Bertz CT molecular complexity index is 904. The molecule has 3 rings (SSSR count). The minimum absolute atomic E-state index is 0.219. The number of aromatic nitrogens is 5. The summed E-state index contributed by atoms with van der Waals surface area (Å²) < 4.78 is 8.63. The van der Waals surface area contributed by atoms with Crippen molar-refractivity contribution in [3.63, 3.8) is 0 Å². The molecule has 1 fully saturated rings. The Labute approximate surface area is 161 Å². The predicted molar refractivity (Wildman–Crippen MR) is 99.7 cm³/mol. The van der Waals surface area contributed by atoms with Crippen molar-refractivity contribution in [2.45, 2.75) is 77.0 Å². The van der Waals surface area contributed by atoms with Gasteiger partial charge in [0.15, 0.2) is 0 Å². The standard InChI is InChI=1S/C18H27N5O5/c1-3-4-5-6-13(24)12-9-22(21-20-12)10-15-14(25)7-16(28-15)23-8-11(2)17(26)19-18(23)27/h8-9,13-16,24-25H,3-7,10H2,1-2H3,(H,19,26,27)/t13?,14?,15-,16-/m1/s1. The van der Waals surface area contributed by atoms with Crippen LogP contribution >= 0.6 is 0 Å². The predicted octanol–water partition coefficient (Wildman–Crippen LogP) is 0.399. The van der Waals surface area contributed by atoms with Crippen molar-refractivity contribution in [2.24, 2.45) is 0 Å². The fourth-order valence-electron chi connectivity index (χ4n) is 3.33. The van der Waals surface area contributed by atoms with Crippen LogP contribution in [0.1, 0.15) is 62.6 Å². The number of nitrogens with one attached hydrogen (secondary N) is 1. The number of rotatable bonds is 8. The van der Waals surface area contributed by atoms with E-state index in [4.69, 9.17) is 4.74 Å². The number of aromatic amines is 1. The van der Waals surface area contributed by atoms with E-state index >= 15 is 0 Å². The third kappa shape index (κ3) is 4.57. The van der Waals surface area contributed by atoms with Gasteiger partial charge in [-0.2, -0.15) is 0 Å². The Morgan fingerprint density at radius 2 is 2.14 bits per heavy atom. The summed E-state index contributed by atoms with van der Waals surface area (Å²) in [4.78, 5) is 25.8. The fraction of sp³-hybridized carbons (Fsp3) is 0.667. The monoisotopic (exact) mass is 393 g/mol. The highest BCUT2D eigenvalue weighted by Gasteiger charge is 2.36. The van der Waals surface area contributed by atoms with Gasteiger partial charge in [0, 0.05) is 18.2 Å². The Kier molecular flexibility index (Phi) is 6.42. The van der Waals surface area contributed by atoms with Gasteiger partial charge in [0.1, 0.15) is 18.0 Å². The third-order valence-corrected chi connectivity index (χ3v) is 5.01. The van der Waals surface area contributed by atoms with E-state index in [1.807, 2.05) is 0 Å². The van der Waals surface area contributed by atoms with Crippen LogP contribution in [0.3, 0.4) is 0 Å². The second-order valence-electron chi connectivity index (χ2n) is 7.29. The zero-order chi connectivity index (χ0) is 20.3. The molecule has 1 aliphatic rings. The molecule has 0 radical (unpaired) electrons. The van der Waals surface area contributed by atoms with Gasteiger partial charge in [0.25, 0.3) is 5.56 Å². The summed E-state index contributed by atoms with van der Waals surface area (Å²) in [6.45, 7) is 3.94. The first-order valence-corrected chi connectivity index (χ1v) is 9.62. The maximum atomic E-state index is 12.0. The van der Waals surface area contributed by atoms with E-state index in [0.717, 1.165) is 19.3 Å². The number of nitrogens with zero attached hydrogens (tertiary/aromatic N) is 4. The molecule has 10 nitrogen and oxygen atoms in total. The largest absolute Gasteiger partial charge is 0.390 e. The van der Waals surface area contributed by atoms with Crippen LogP contribution in [0.4, 0.5) is 0 Å². The highest BCUT2D eigenvalue weighted by molar-refractivity contribution is 5.02. The molecule has 2 aromatic rings. The lowest BCUT2D eigenvalue weighted by atomic mass is 10.1. The van der Waals surface area contributed by atoms with Crippen molar-refractivity contribution in [1.29, 1.82) is 0 Å². The van der Waals surface area contributed by atoms with E-state index in [0.29, 0.717) is 17.7 Å². The van der Waals surface area contributed by atoms with Crippen molar-refractivity contribution < 1.29 is 14.9 Å².